The Balaban J connectivity index is 1.47. The van der Waals surface area contributed by atoms with Crippen LogP contribution in [0.1, 0.15) is 44.8 Å². The maximum atomic E-state index is 13.4. The van der Waals surface area contributed by atoms with Crippen LogP contribution in [0.5, 0.6) is 5.75 Å². The lowest BCUT2D eigenvalue weighted by molar-refractivity contribution is 0.102. The third-order valence-corrected chi connectivity index (χ3v) is 8.45. The summed E-state index contributed by atoms with van der Waals surface area (Å²) in [5.41, 5.74) is 4.60. The van der Waals surface area contributed by atoms with E-state index in [1.165, 1.54) is 4.88 Å². The molecule has 0 unspecified atom stereocenters. The Bertz CT molecular complexity index is 1400. The van der Waals surface area contributed by atoms with Crippen molar-refractivity contribution in [2.24, 2.45) is 4.99 Å². The highest BCUT2D eigenvalue weighted by atomic mass is 127. The van der Waals surface area contributed by atoms with Crippen molar-refractivity contribution in [2.45, 2.75) is 32.3 Å². The molecule has 0 spiro atoms. The predicted molar refractivity (Wildman–Crippen MR) is 160 cm³/mol. The summed E-state index contributed by atoms with van der Waals surface area (Å²) < 4.78 is 8.18. The number of ether oxygens (including phenoxy) is 1. The number of aryl methyl sites for hydroxylation is 1. The van der Waals surface area contributed by atoms with Crippen molar-refractivity contribution in [3.63, 3.8) is 0 Å². The monoisotopic (exact) mass is 670 g/mol. The first kappa shape index (κ1) is 25.2. The molecule has 0 radical (unpaired) electrons. The quantitative estimate of drug-likeness (QED) is 0.158. The fourth-order valence-electron chi connectivity index (χ4n) is 4.28. The van der Waals surface area contributed by atoms with Crippen molar-refractivity contribution < 1.29 is 9.53 Å². The van der Waals surface area contributed by atoms with Gasteiger partial charge in [-0.15, -0.1) is 11.3 Å². The number of hydrogen-bond acceptors (Lipinski definition) is 4. The number of nitrogens with zero attached hydrogens (tertiary/aromatic N) is 1. The number of halogens is 2. The first-order valence-electron chi connectivity index (χ1n) is 11.8. The van der Waals surface area contributed by atoms with Crippen molar-refractivity contribution in [3.05, 3.63) is 108 Å². The molecule has 0 saturated carbocycles. The summed E-state index contributed by atoms with van der Waals surface area (Å²) in [7, 11) is 0. The number of para-hydroxylation sites is 1. The lowest BCUT2D eigenvalue weighted by Crippen LogP contribution is -2.14. The van der Waals surface area contributed by atoms with Gasteiger partial charge in [-0.1, -0.05) is 64.5 Å². The highest BCUT2D eigenvalue weighted by molar-refractivity contribution is 14.1. The minimum absolute atomic E-state index is 0.0999. The Morgan fingerprint density at radius 2 is 1.78 bits per heavy atom. The van der Waals surface area contributed by atoms with E-state index in [-0.39, 0.29) is 5.91 Å². The lowest BCUT2D eigenvalue weighted by Gasteiger charge is -2.13. The highest BCUT2D eigenvalue weighted by Gasteiger charge is 2.25. The number of carbonyl (C=O) groups is 1. The summed E-state index contributed by atoms with van der Waals surface area (Å²) in [6.07, 6.45) is 5.99. The number of anilines is 1. The van der Waals surface area contributed by atoms with E-state index < -0.39 is 0 Å². The summed E-state index contributed by atoms with van der Waals surface area (Å²) in [5.74, 6) is 0.681. The molecule has 1 aliphatic rings. The van der Waals surface area contributed by atoms with Crippen LogP contribution in [-0.4, -0.2) is 12.1 Å². The maximum absolute atomic E-state index is 13.4. The zero-order valence-electron chi connectivity index (χ0n) is 19.5. The number of benzene rings is 3. The molecule has 1 aromatic heterocycles. The molecule has 0 bridgehead atoms. The molecule has 4 aromatic rings. The number of hydrogen-bond donors (Lipinski definition) is 1. The first-order chi connectivity index (χ1) is 17.6. The molecule has 182 valence electrons. The second kappa shape index (κ2) is 11.7. The average molecular weight is 671 g/mol. The lowest BCUT2D eigenvalue weighted by atomic mass is 9.95. The van der Waals surface area contributed by atoms with Gasteiger partial charge in [0.25, 0.3) is 5.91 Å². The van der Waals surface area contributed by atoms with Crippen LogP contribution in [0.2, 0.25) is 0 Å². The number of aliphatic imine (C=N–C) groups is 1. The Hall–Kier alpha value is -2.49. The molecule has 1 N–H and O–H groups in total. The van der Waals surface area contributed by atoms with Crippen LogP contribution in [0.4, 0.5) is 10.7 Å². The van der Waals surface area contributed by atoms with Crippen molar-refractivity contribution in [3.8, 4) is 5.75 Å². The van der Waals surface area contributed by atoms with Crippen LogP contribution in [0.3, 0.4) is 0 Å². The summed E-state index contributed by atoms with van der Waals surface area (Å²) in [6.45, 7) is 0.470. The van der Waals surface area contributed by atoms with Gasteiger partial charge in [0.1, 0.15) is 17.4 Å². The SMILES string of the molecule is O=C(Nc1ccccc1)c1c(N=Cc2cc(Br)cc(I)c2OCc2ccccc2)sc2c1CCCC2. The minimum Gasteiger partial charge on any atom is -0.487 e. The molecular weight excluding hydrogens is 647 g/mol. The fourth-order valence-corrected chi connectivity index (χ4v) is 7.21. The molecule has 0 saturated heterocycles. The standard InChI is InChI=1S/C29H24BrIN2O2S/c30-21-15-20(27(24(31)16-21)35-18-19-9-3-1-4-10-19)17-32-29-26(23-13-7-8-14-25(23)36-29)28(34)33-22-11-5-2-6-12-22/h1-6,9-12,15-17H,7-8,13-14,18H2,(H,33,34). The number of nitrogens with one attached hydrogen (secondary N) is 1. The van der Waals surface area contributed by atoms with E-state index >= 15 is 0 Å². The highest BCUT2D eigenvalue weighted by Crippen LogP contribution is 2.40. The van der Waals surface area contributed by atoms with Crippen molar-refractivity contribution >= 4 is 72.7 Å². The molecular formula is C29H24BrIN2O2S. The van der Waals surface area contributed by atoms with E-state index in [9.17, 15) is 4.79 Å². The van der Waals surface area contributed by atoms with Crippen LogP contribution < -0.4 is 10.1 Å². The van der Waals surface area contributed by atoms with E-state index in [4.69, 9.17) is 9.73 Å². The molecule has 0 atom stereocenters. The number of rotatable bonds is 7. The summed E-state index contributed by atoms with van der Waals surface area (Å²) in [6, 6.07) is 23.7. The largest absolute Gasteiger partial charge is 0.487 e. The van der Waals surface area contributed by atoms with Crippen LogP contribution >= 0.6 is 49.9 Å². The van der Waals surface area contributed by atoms with Gasteiger partial charge in [-0.2, -0.15) is 0 Å². The summed E-state index contributed by atoms with van der Waals surface area (Å²) >= 11 is 7.53. The molecule has 1 aliphatic carbocycles. The number of thiophene rings is 1. The first-order valence-corrected chi connectivity index (χ1v) is 14.5. The van der Waals surface area contributed by atoms with Gasteiger partial charge in [0, 0.05) is 26.8 Å². The molecule has 5 rings (SSSR count). The average Bonchev–Trinajstić information content (AvgIpc) is 3.26. The Kier molecular flexibility index (Phi) is 8.19. The zero-order chi connectivity index (χ0) is 24.9. The van der Waals surface area contributed by atoms with E-state index in [1.54, 1.807) is 11.3 Å². The Labute approximate surface area is 237 Å². The Morgan fingerprint density at radius 3 is 2.56 bits per heavy atom. The molecule has 0 fully saturated rings. The van der Waals surface area contributed by atoms with Gasteiger partial charge < -0.3 is 10.1 Å². The van der Waals surface area contributed by atoms with Gasteiger partial charge in [-0.05, 0) is 83.7 Å². The van der Waals surface area contributed by atoms with Crippen LogP contribution in [0.15, 0.2) is 82.3 Å². The maximum Gasteiger partial charge on any atom is 0.259 e. The number of fused-ring (bicyclic) bond motifs is 1. The second-order valence-corrected chi connectivity index (χ2v) is 11.7. The molecule has 7 heteroatoms. The zero-order valence-corrected chi connectivity index (χ0v) is 24.0. The third-order valence-electron chi connectivity index (χ3n) is 6.00. The predicted octanol–water partition coefficient (Wildman–Crippen LogP) is 8.58. The van der Waals surface area contributed by atoms with E-state index in [1.807, 2.05) is 79.0 Å². The van der Waals surface area contributed by atoms with Gasteiger partial charge in [0.2, 0.25) is 0 Å². The fraction of sp³-hybridized carbons (Fsp3) is 0.172. The molecule has 4 nitrogen and oxygen atoms in total. The molecule has 1 heterocycles. The van der Waals surface area contributed by atoms with Crippen molar-refractivity contribution in [1.82, 2.24) is 0 Å². The van der Waals surface area contributed by atoms with Crippen molar-refractivity contribution in [1.29, 1.82) is 0 Å². The van der Waals surface area contributed by atoms with Crippen LogP contribution in [0, 0.1) is 3.57 Å². The van der Waals surface area contributed by atoms with Gasteiger partial charge in [-0.3, -0.25) is 4.79 Å². The third kappa shape index (κ3) is 5.90. The molecule has 1 amide bonds. The number of carbonyl (C=O) groups excluding carboxylic acids is 1. The smallest absolute Gasteiger partial charge is 0.259 e. The second-order valence-electron chi connectivity index (χ2n) is 8.55. The van der Waals surface area contributed by atoms with E-state index in [2.05, 4.69) is 43.8 Å². The molecule has 36 heavy (non-hydrogen) atoms. The topological polar surface area (TPSA) is 50.7 Å². The molecule has 0 aliphatic heterocycles. The normalized spacial score (nSPS) is 12.9. The van der Waals surface area contributed by atoms with Gasteiger partial charge in [0.15, 0.2) is 0 Å². The van der Waals surface area contributed by atoms with E-state index in [0.29, 0.717) is 12.2 Å². The van der Waals surface area contributed by atoms with Gasteiger partial charge in [0.05, 0.1) is 9.13 Å². The Morgan fingerprint density at radius 1 is 1.06 bits per heavy atom. The van der Waals surface area contributed by atoms with Gasteiger partial charge in [-0.25, -0.2) is 4.99 Å². The summed E-state index contributed by atoms with van der Waals surface area (Å²) in [5, 5.41) is 3.81. The van der Waals surface area contributed by atoms with Crippen molar-refractivity contribution in [2.75, 3.05) is 5.32 Å². The van der Waals surface area contributed by atoms with Crippen LogP contribution in [0.25, 0.3) is 0 Å². The van der Waals surface area contributed by atoms with Crippen LogP contribution in [-0.2, 0) is 19.4 Å². The number of amides is 1. The van der Waals surface area contributed by atoms with E-state index in [0.717, 1.165) is 66.9 Å². The van der Waals surface area contributed by atoms with Gasteiger partial charge >= 0.3 is 0 Å². The summed E-state index contributed by atoms with van der Waals surface area (Å²) in [4.78, 5) is 19.5. The minimum atomic E-state index is -0.0999. The molecule has 3 aromatic carbocycles.